The summed E-state index contributed by atoms with van der Waals surface area (Å²) in [6.07, 6.45) is -1.10. The van der Waals surface area contributed by atoms with Crippen molar-refractivity contribution < 1.29 is 66.7 Å². The van der Waals surface area contributed by atoms with Gasteiger partial charge >= 0.3 is 41.8 Å². The van der Waals surface area contributed by atoms with Crippen molar-refractivity contribution in [3.8, 4) is 11.5 Å². The lowest BCUT2D eigenvalue weighted by Crippen LogP contribution is -2.22. The van der Waals surface area contributed by atoms with Crippen LogP contribution < -0.4 is 9.47 Å². The Bertz CT molecular complexity index is 1450. The van der Waals surface area contributed by atoms with Crippen molar-refractivity contribution in [2.45, 2.75) is 61.5 Å². The first-order chi connectivity index (χ1) is 22.8. The van der Waals surface area contributed by atoms with Crippen LogP contribution in [-0.2, 0) is 57.2 Å². The largest absolute Gasteiger partial charge is 0.474 e. The standard InChI is InChI=1S/C31H31NO14S2/c1-7-21(33)41-15-17(3)43-23(35)11-13-25(37)45-19-9-10-20(29-28(19)47-31(48-29)27(32-5)30(39)40-6)46-26(38)14-12-24(36)44-18(4)16-42-22(34)8-2/h7-10,17-18H,1-2,11-16H2,3-4,6H3. The molecule has 17 heteroatoms. The molecule has 0 spiro atoms. The van der Waals surface area contributed by atoms with E-state index < -0.39 is 54.0 Å². The van der Waals surface area contributed by atoms with Gasteiger partial charge in [-0.25, -0.2) is 14.4 Å². The highest BCUT2D eigenvalue weighted by molar-refractivity contribution is 8.24. The fourth-order valence-electron chi connectivity index (χ4n) is 3.36. The SMILES string of the molecule is [C-]#[N+]C(C(=O)OC)=C1Sc2c(OC(=O)CCC(=O)OC(C)COC(=O)C=C)ccc(OC(=O)CCC(=O)OC(C)COC(=O)C=C)c2S1. The molecule has 0 saturated carbocycles. The maximum Gasteiger partial charge on any atom is 0.337 e. The molecule has 1 aromatic carbocycles. The lowest BCUT2D eigenvalue weighted by molar-refractivity contribution is -0.156. The number of ether oxygens (including phenoxy) is 7. The number of carbonyl (C=O) groups is 7. The van der Waals surface area contributed by atoms with Crippen LogP contribution in [0, 0.1) is 6.57 Å². The normalized spacial score (nSPS) is 12.5. The van der Waals surface area contributed by atoms with Crippen LogP contribution >= 0.6 is 23.5 Å². The zero-order valence-corrected chi connectivity index (χ0v) is 27.7. The molecule has 0 saturated heterocycles. The number of esters is 7. The Morgan fingerprint density at radius 1 is 0.750 bits per heavy atom. The second-order valence-corrected chi connectivity index (χ2v) is 11.7. The van der Waals surface area contributed by atoms with Gasteiger partial charge in [-0.1, -0.05) is 36.7 Å². The van der Waals surface area contributed by atoms with Crippen molar-refractivity contribution in [2.75, 3.05) is 20.3 Å². The van der Waals surface area contributed by atoms with Gasteiger partial charge < -0.3 is 33.2 Å². The van der Waals surface area contributed by atoms with Gasteiger partial charge in [0.1, 0.15) is 36.9 Å². The fraction of sp³-hybridized carbons (Fsp3) is 0.355. The highest BCUT2D eigenvalue weighted by atomic mass is 32.2. The van der Waals surface area contributed by atoms with Gasteiger partial charge in [0.25, 0.3) is 5.70 Å². The molecular weight excluding hydrogens is 674 g/mol. The maximum atomic E-state index is 12.6. The third kappa shape index (κ3) is 12.6. The third-order valence-corrected chi connectivity index (χ3v) is 8.15. The fourth-order valence-corrected chi connectivity index (χ4v) is 5.91. The number of rotatable bonds is 17. The molecule has 48 heavy (non-hydrogen) atoms. The summed E-state index contributed by atoms with van der Waals surface area (Å²) in [4.78, 5) is 87.8. The first kappa shape index (κ1) is 39.1. The Balaban J connectivity index is 2.12. The van der Waals surface area contributed by atoms with Crippen LogP contribution in [0.2, 0.25) is 0 Å². The second kappa shape index (κ2) is 19.6. The van der Waals surface area contributed by atoms with Crippen molar-refractivity contribution in [3.63, 3.8) is 0 Å². The van der Waals surface area contributed by atoms with E-state index in [1.165, 1.54) is 26.0 Å². The minimum atomic E-state index is -0.913. The van der Waals surface area contributed by atoms with Crippen molar-refractivity contribution in [2.24, 2.45) is 0 Å². The molecule has 0 aromatic heterocycles. The molecule has 1 heterocycles. The van der Waals surface area contributed by atoms with Gasteiger partial charge in [-0.05, 0) is 26.0 Å². The monoisotopic (exact) mass is 705 g/mol. The van der Waals surface area contributed by atoms with Gasteiger partial charge in [0.05, 0.1) is 53.4 Å². The molecule has 0 radical (unpaired) electrons. The topological polar surface area (TPSA) is 188 Å². The lowest BCUT2D eigenvalue weighted by atomic mass is 10.3. The highest BCUT2D eigenvalue weighted by Gasteiger charge is 2.32. The molecular formula is C31H31NO14S2. The van der Waals surface area contributed by atoms with Crippen molar-refractivity contribution in [1.29, 1.82) is 0 Å². The van der Waals surface area contributed by atoms with Crippen LogP contribution in [0.15, 0.2) is 57.2 Å². The highest BCUT2D eigenvalue weighted by Crippen LogP contribution is 2.59. The lowest BCUT2D eigenvalue weighted by Gasteiger charge is -2.14. The number of fused-ring (bicyclic) bond motifs is 1. The van der Waals surface area contributed by atoms with Crippen LogP contribution in [0.25, 0.3) is 4.85 Å². The quantitative estimate of drug-likeness (QED) is 0.0747. The molecule has 1 aliphatic rings. The summed E-state index contributed by atoms with van der Waals surface area (Å²) in [6, 6.07) is 2.64. The summed E-state index contributed by atoms with van der Waals surface area (Å²) in [5.74, 6) is -5.43. The molecule has 2 rings (SSSR count). The molecule has 0 bridgehead atoms. The minimum Gasteiger partial charge on any atom is -0.474 e. The number of thioether (sulfide) groups is 2. The number of benzene rings is 1. The van der Waals surface area contributed by atoms with Crippen LogP contribution in [0.5, 0.6) is 11.5 Å². The number of carbonyl (C=O) groups excluding carboxylic acids is 7. The van der Waals surface area contributed by atoms with Gasteiger partial charge in [-0.15, -0.1) is 0 Å². The Labute approximate surface area is 283 Å². The Morgan fingerprint density at radius 2 is 1.15 bits per heavy atom. The van der Waals surface area contributed by atoms with Crippen molar-refractivity contribution in [3.05, 3.63) is 58.8 Å². The van der Waals surface area contributed by atoms with E-state index in [1.807, 2.05) is 0 Å². The molecule has 0 amide bonds. The average Bonchev–Trinajstić information content (AvgIpc) is 3.51. The Morgan fingerprint density at radius 3 is 1.50 bits per heavy atom. The molecule has 1 aliphatic heterocycles. The number of hydrogen-bond donors (Lipinski definition) is 0. The van der Waals surface area contributed by atoms with E-state index in [9.17, 15) is 33.6 Å². The predicted molar refractivity (Wildman–Crippen MR) is 167 cm³/mol. The first-order valence-electron chi connectivity index (χ1n) is 13.9. The van der Waals surface area contributed by atoms with Gasteiger partial charge in [0, 0.05) is 12.2 Å². The molecule has 0 aliphatic carbocycles. The van der Waals surface area contributed by atoms with Gasteiger partial charge in [-0.3, -0.25) is 24.0 Å². The first-order valence-corrected chi connectivity index (χ1v) is 15.6. The van der Waals surface area contributed by atoms with Gasteiger partial charge in [0.2, 0.25) is 0 Å². The molecule has 256 valence electrons. The Kier molecular flexibility index (Phi) is 15.9. The summed E-state index contributed by atoms with van der Waals surface area (Å²) in [5.41, 5.74) is -0.357. The van der Waals surface area contributed by atoms with Gasteiger partial charge in [-0.2, -0.15) is 0 Å². The molecule has 0 fully saturated rings. The molecule has 0 N–H and O–H groups in total. The van der Waals surface area contributed by atoms with E-state index in [0.29, 0.717) is 0 Å². The van der Waals surface area contributed by atoms with Crippen LogP contribution in [0.4, 0.5) is 0 Å². The molecule has 1 aromatic rings. The second-order valence-electron chi connectivity index (χ2n) is 9.38. The Hall–Kier alpha value is -5.08. The summed E-state index contributed by atoms with van der Waals surface area (Å²) in [5, 5.41) is 0. The van der Waals surface area contributed by atoms with E-state index in [0.717, 1.165) is 42.8 Å². The van der Waals surface area contributed by atoms with E-state index in [4.69, 9.17) is 35.0 Å². The van der Waals surface area contributed by atoms with Crippen molar-refractivity contribution in [1.82, 2.24) is 0 Å². The third-order valence-electron chi connectivity index (χ3n) is 5.55. The number of methoxy groups -OCH3 is 1. The van der Waals surface area contributed by atoms with E-state index in [2.05, 4.69) is 22.7 Å². The molecule has 15 nitrogen and oxygen atoms in total. The molecule has 2 unspecified atom stereocenters. The van der Waals surface area contributed by atoms with Gasteiger partial charge in [0.15, 0.2) is 0 Å². The predicted octanol–water partition coefficient (Wildman–Crippen LogP) is 3.84. The average molecular weight is 706 g/mol. The smallest absolute Gasteiger partial charge is 0.337 e. The summed E-state index contributed by atoms with van der Waals surface area (Å²) in [7, 11) is 1.10. The van der Waals surface area contributed by atoms with E-state index in [1.54, 1.807) is 0 Å². The summed E-state index contributed by atoms with van der Waals surface area (Å²) >= 11 is 1.80. The van der Waals surface area contributed by atoms with Crippen LogP contribution in [0.1, 0.15) is 39.5 Å². The maximum absolute atomic E-state index is 12.6. The minimum absolute atomic E-state index is 0.00992. The summed E-state index contributed by atoms with van der Waals surface area (Å²) in [6.45, 7) is 16.5. The summed E-state index contributed by atoms with van der Waals surface area (Å²) < 4.78 is 35.5. The van der Waals surface area contributed by atoms with E-state index in [-0.39, 0.29) is 70.1 Å². The zero-order chi connectivity index (χ0) is 35.8. The van der Waals surface area contributed by atoms with Crippen LogP contribution in [0.3, 0.4) is 0 Å². The van der Waals surface area contributed by atoms with Crippen molar-refractivity contribution >= 4 is 65.3 Å². The van der Waals surface area contributed by atoms with Crippen LogP contribution in [-0.4, -0.2) is 74.3 Å². The number of nitrogens with zero attached hydrogens (tertiary/aromatic N) is 1. The number of hydrogen-bond acceptors (Lipinski definition) is 16. The zero-order valence-electron chi connectivity index (χ0n) is 26.1. The van der Waals surface area contributed by atoms with E-state index >= 15 is 0 Å². The molecule has 2 atom stereocenters.